The Bertz CT molecular complexity index is 2000. The smallest absolute Gasteiger partial charge is 0.573 e. The lowest BCUT2D eigenvalue weighted by atomic mass is 10.1. The number of carbonyl (C=O) groups excluding carboxylic acids is 2. The normalized spacial score (nSPS) is 16.4. The van der Waals surface area contributed by atoms with Crippen LogP contribution in [0.3, 0.4) is 0 Å². The van der Waals surface area contributed by atoms with Crippen LogP contribution in [-0.4, -0.2) is 74.8 Å². The molecule has 2 aliphatic heterocycles. The van der Waals surface area contributed by atoms with Crippen LogP contribution in [0, 0.1) is 11.0 Å². The molecule has 1 fully saturated rings. The highest BCUT2D eigenvalue weighted by Crippen LogP contribution is 2.39. The molecule has 1 unspecified atom stereocenters. The van der Waals surface area contributed by atoms with E-state index in [0.717, 1.165) is 61.0 Å². The Morgan fingerprint density at radius 2 is 1.87 bits per heavy atom. The zero-order chi connectivity index (χ0) is 37.5. The molecule has 6 rings (SSSR count). The fourth-order valence-corrected chi connectivity index (χ4v) is 6.50. The van der Waals surface area contributed by atoms with Crippen molar-refractivity contribution >= 4 is 40.3 Å². The minimum atomic E-state index is -4.92. The number of thioether (sulfide) groups is 1. The number of urea groups is 1. The monoisotopic (exact) mass is 759 g/mol. The van der Waals surface area contributed by atoms with Gasteiger partial charge in [-0.2, -0.15) is 4.73 Å². The molecule has 0 aliphatic carbocycles. The highest BCUT2D eigenvalue weighted by molar-refractivity contribution is 8.02. The van der Waals surface area contributed by atoms with Gasteiger partial charge in [0.15, 0.2) is 29.3 Å². The summed E-state index contributed by atoms with van der Waals surface area (Å²) in [6, 6.07) is 12.1. The molecule has 0 spiro atoms. The lowest BCUT2D eigenvalue weighted by Gasteiger charge is -2.32. The van der Waals surface area contributed by atoms with E-state index < -0.39 is 35.2 Å². The van der Waals surface area contributed by atoms with Crippen LogP contribution in [0.4, 0.5) is 28.0 Å². The van der Waals surface area contributed by atoms with Gasteiger partial charge in [0.2, 0.25) is 5.52 Å². The summed E-state index contributed by atoms with van der Waals surface area (Å²) in [5.41, 5.74) is 2.78. The number of carbonyl (C=O) groups is 2. The molecule has 280 valence electrons. The summed E-state index contributed by atoms with van der Waals surface area (Å²) in [7, 11) is 1.46. The summed E-state index contributed by atoms with van der Waals surface area (Å²) in [5.74, 6) is -1.40. The third kappa shape index (κ3) is 9.51. The maximum Gasteiger partial charge on any atom is 0.573 e. The number of methoxy groups -OCH3 is 1. The fraction of sp³-hybridized carbons (Fsp3) is 0.286. The second-order valence-electron chi connectivity index (χ2n) is 11.6. The molecule has 2 N–H and O–H groups in total. The van der Waals surface area contributed by atoms with Gasteiger partial charge >= 0.3 is 12.4 Å². The Balaban J connectivity index is 1.12. The lowest BCUT2D eigenvalue weighted by molar-refractivity contribution is -0.577. The van der Waals surface area contributed by atoms with Gasteiger partial charge in [-0.05, 0) is 41.7 Å². The van der Waals surface area contributed by atoms with Gasteiger partial charge in [0.25, 0.3) is 5.91 Å². The molecule has 1 saturated heterocycles. The predicted octanol–water partition coefficient (Wildman–Crippen LogP) is 6.24. The summed E-state index contributed by atoms with van der Waals surface area (Å²) >= 11 is 1.05. The number of aromatic nitrogens is 1. The Morgan fingerprint density at radius 3 is 2.62 bits per heavy atom. The molecule has 1 atom stereocenters. The van der Waals surface area contributed by atoms with Crippen molar-refractivity contribution in [3.05, 3.63) is 94.9 Å². The zero-order valence-electron chi connectivity index (χ0n) is 28.1. The van der Waals surface area contributed by atoms with Gasteiger partial charge in [-0.25, -0.2) is 19.6 Å². The molecule has 2 aliphatic rings. The van der Waals surface area contributed by atoms with Crippen LogP contribution >= 0.6 is 11.8 Å². The summed E-state index contributed by atoms with van der Waals surface area (Å²) in [5, 5.41) is 16.9. The van der Waals surface area contributed by atoms with Crippen molar-refractivity contribution in [3.63, 3.8) is 0 Å². The van der Waals surface area contributed by atoms with E-state index in [4.69, 9.17) is 18.9 Å². The van der Waals surface area contributed by atoms with E-state index >= 15 is 4.39 Å². The number of ether oxygens (including phenoxy) is 5. The van der Waals surface area contributed by atoms with Crippen LogP contribution in [0.2, 0.25) is 0 Å². The maximum absolute atomic E-state index is 15.4. The van der Waals surface area contributed by atoms with E-state index in [0.29, 0.717) is 41.4 Å². The number of morpholine rings is 1. The first kappa shape index (κ1) is 37.3. The Hall–Kier alpha value is -5.46. The van der Waals surface area contributed by atoms with Gasteiger partial charge in [0, 0.05) is 49.6 Å². The van der Waals surface area contributed by atoms with Crippen molar-refractivity contribution in [2.75, 3.05) is 51.9 Å². The van der Waals surface area contributed by atoms with E-state index in [-0.39, 0.29) is 28.3 Å². The molecular weight excluding hydrogens is 726 g/mol. The molecule has 18 heteroatoms. The summed E-state index contributed by atoms with van der Waals surface area (Å²) in [6.07, 6.45) is -1.79. The van der Waals surface area contributed by atoms with Gasteiger partial charge in [-0.1, -0.05) is 12.1 Å². The molecule has 3 aromatic carbocycles. The molecule has 4 aromatic rings. The maximum atomic E-state index is 15.4. The largest absolute Gasteiger partial charge is 0.618 e. The second-order valence-corrected chi connectivity index (χ2v) is 12.6. The second kappa shape index (κ2) is 16.5. The quantitative estimate of drug-likeness (QED) is 0.0740. The van der Waals surface area contributed by atoms with Gasteiger partial charge in [0.1, 0.15) is 16.9 Å². The minimum absolute atomic E-state index is 0.00970. The highest BCUT2D eigenvalue weighted by Gasteiger charge is 2.33. The molecule has 3 amide bonds. The first-order valence-electron chi connectivity index (χ1n) is 16.2. The minimum Gasteiger partial charge on any atom is -0.618 e. The van der Waals surface area contributed by atoms with E-state index in [9.17, 15) is 28.0 Å². The van der Waals surface area contributed by atoms with Crippen LogP contribution in [0.1, 0.15) is 17.4 Å². The van der Waals surface area contributed by atoms with Gasteiger partial charge in [-0.15, -0.1) is 24.9 Å². The van der Waals surface area contributed by atoms with E-state index in [1.807, 2.05) is 0 Å². The van der Waals surface area contributed by atoms with Crippen molar-refractivity contribution in [3.8, 4) is 28.7 Å². The third-order valence-electron chi connectivity index (χ3n) is 8.02. The standard InChI is InChI=1S/C35H33F4N5O8S/c1-48-30-20-25-27(21-31(30)50-14-3-10-42-12-15-49-16-13-42)43(47)11-8-28(25)51-29-7-6-23(19-26(29)36)40-34(46)41-44-32(45)9-17-53-33(44)22-4-2-5-24(18-22)52-35(37,38)39/h2,4-9,11,17-21,33H,3,10,12-16H2,1H3,(H2,40,41,46). The first-order chi connectivity index (χ1) is 25.5. The summed E-state index contributed by atoms with van der Waals surface area (Å²) in [4.78, 5) is 27.9. The number of alkyl halides is 3. The molecule has 0 radical (unpaired) electrons. The van der Waals surface area contributed by atoms with Crippen LogP contribution in [-0.2, 0) is 9.53 Å². The topological polar surface area (TPSA) is 138 Å². The van der Waals surface area contributed by atoms with Crippen molar-refractivity contribution in [1.82, 2.24) is 15.3 Å². The number of hydrogen-bond acceptors (Lipinski definition) is 10. The highest BCUT2D eigenvalue weighted by atomic mass is 32.2. The van der Waals surface area contributed by atoms with E-state index in [1.54, 1.807) is 6.07 Å². The van der Waals surface area contributed by atoms with Gasteiger partial charge in [0.05, 0.1) is 38.4 Å². The van der Waals surface area contributed by atoms with Gasteiger partial charge < -0.3 is 34.2 Å². The number of nitrogens with one attached hydrogen (secondary N) is 2. The van der Waals surface area contributed by atoms with Crippen LogP contribution < -0.4 is 34.4 Å². The van der Waals surface area contributed by atoms with E-state index in [1.165, 1.54) is 61.2 Å². The average molecular weight is 760 g/mol. The number of nitrogens with zero attached hydrogens (tertiary/aromatic N) is 3. The number of hydrazine groups is 1. The molecule has 0 saturated carbocycles. The van der Waals surface area contributed by atoms with Crippen LogP contribution in [0.15, 0.2) is 78.3 Å². The first-order valence-corrected chi connectivity index (χ1v) is 17.1. The SMILES string of the molecule is COc1cc2c(Oc3ccc(NC(=O)NN4C(=O)C=CSC4c4cccc(OC(F)(F)F)c4)cc3F)cc[n+]([O-])c2cc1OCCCN1CCOCC1. The molecule has 13 nitrogen and oxygen atoms in total. The number of halogens is 4. The fourth-order valence-electron chi connectivity index (χ4n) is 5.57. The van der Waals surface area contributed by atoms with Crippen LogP contribution in [0.5, 0.6) is 28.7 Å². The van der Waals surface area contributed by atoms with Crippen molar-refractivity contribution in [2.45, 2.75) is 18.2 Å². The van der Waals surface area contributed by atoms with Crippen molar-refractivity contribution in [2.24, 2.45) is 0 Å². The summed E-state index contributed by atoms with van der Waals surface area (Å²) < 4.78 is 81.0. The van der Waals surface area contributed by atoms with E-state index in [2.05, 4.69) is 20.4 Å². The Kier molecular flexibility index (Phi) is 11.6. The Morgan fingerprint density at radius 1 is 1.06 bits per heavy atom. The van der Waals surface area contributed by atoms with Crippen molar-refractivity contribution < 1.29 is 55.6 Å². The number of hydrogen-bond donors (Lipinski definition) is 2. The molecule has 53 heavy (non-hydrogen) atoms. The third-order valence-corrected chi connectivity index (χ3v) is 9.06. The zero-order valence-corrected chi connectivity index (χ0v) is 28.9. The number of amides is 3. The van der Waals surface area contributed by atoms with Crippen LogP contribution in [0.25, 0.3) is 10.9 Å². The Labute approximate surface area is 304 Å². The summed E-state index contributed by atoms with van der Waals surface area (Å²) in [6.45, 7) is 4.34. The number of fused-ring (bicyclic) bond motifs is 1. The average Bonchev–Trinajstić information content (AvgIpc) is 3.12. The predicted molar refractivity (Wildman–Crippen MR) is 185 cm³/mol. The number of anilines is 1. The van der Waals surface area contributed by atoms with Gasteiger partial charge in [-0.3, -0.25) is 9.69 Å². The number of benzene rings is 3. The molecule has 0 bridgehead atoms. The molecule has 1 aromatic heterocycles. The molecule has 3 heterocycles. The number of pyridine rings is 1. The molecular formula is C35H33F4N5O8S. The van der Waals surface area contributed by atoms with Crippen molar-refractivity contribution in [1.29, 1.82) is 0 Å². The number of rotatable bonds is 12. The lowest BCUT2D eigenvalue weighted by Crippen LogP contribution is -2.49.